The van der Waals surface area contributed by atoms with E-state index in [4.69, 9.17) is 0 Å². The molecule has 4 aromatic rings. The fraction of sp³-hybridized carbons (Fsp3) is 0.100. The second-order valence-electron chi connectivity index (χ2n) is 5.13. The molecule has 0 aliphatic carbocycles. The quantitative estimate of drug-likeness (QED) is 0.202. The Morgan fingerprint density at radius 3 is 1.77 bits per heavy atom. The topological polar surface area (TPSA) is 26.6 Å². The molecule has 2 aromatic carbocycles. The molecule has 0 radical (unpaired) electrons. The predicted molar refractivity (Wildman–Crippen MR) is 110 cm³/mol. The number of aromatic nitrogens is 4. The summed E-state index contributed by atoms with van der Waals surface area (Å²) in [4.78, 5) is 5.93. The number of hydrogen-bond donors (Lipinski definition) is 0. The molecule has 0 bridgehead atoms. The van der Waals surface area contributed by atoms with Crippen LogP contribution in [0.3, 0.4) is 0 Å². The van der Waals surface area contributed by atoms with Crippen LogP contribution in [0.5, 0.6) is 0 Å². The maximum absolute atomic E-state index is 3.96. The normalized spacial score (nSPS) is 9.04. The van der Waals surface area contributed by atoms with Crippen LogP contribution in [-0.2, 0) is 7.05 Å². The fourth-order valence-corrected chi connectivity index (χ4v) is 2.22. The number of hydrogen-bond acceptors (Lipinski definition) is 1. The van der Waals surface area contributed by atoms with Gasteiger partial charge in [0.25, 0.3) is 0 Å². The molecule has 0 saturated carbocycles. The third kappa shape index (κ3) is 6.91. The molecule has 6 heteroatoms. The SMILES string of the molecule is CI.C[n+]1ccn(-c2ccccc2)c1.[I-].c1ccc(-n2ccnc2)cc1. The molecule has 26 heavy (non-hydrogen) atoms. The van der Waals surface area contributed by atoms with E-state index in [1.807, 2.05) is 94.6 Å². The first-order valence-electron chi connectivity index (χ1n) is 7.83. The maximum Gasteiger partial charge on any atom is 0.248 e. The van der Waals surface area contributed by atoms with Gasteiger partial charge in [0.1, 0.15) is 18.1 Å². The summed E-state index contributed by atoms with van der Waals surface area (Å²) >= 11 is 2.15. The van der Waals surface area contributed by atoms with Crippen molar-refractivity contribution < 1.29 is 28.5 Å². The first-order valence-corrected chi connectivity index (χ1v) is 9.98. The summed E-state index contributed by atoms with van der Waals surface area (Å²) in [6.07, 6.45) is 11.6. The van der Waals surface area contributed by atoms with E-state index in [1.165, 1.54) is 5.69 Å². The highest BCUT2D eigenvalue weighted by molar-refractivity contribution is 14.1. The number of rotatable bonds is 2. The minimum absolute atomic E-state index is 0. The lowest BCUT2D eigenvalue weighted by Gasteiger charge is -1.98. The van der Waals surface area contributed by atoms with Crippen molar-refractivity contribution in [3.8, 4) is 11.4 Å². The molecule has 0 N–H and O–H groups in total. The Morgan fingerprint density at radius 1 is 0.808 bits per heavy atom. The van der Waals surface area contributed by atoms with Crippen LogP contribution in [0.2, 0.25) is 0 Å². The molecule has 136 valence electrons. The third-order valence-corrected chi connectivity index (χ3v) is 3.38. The van der Waals surface area contributed by atoms with E-state index in [0.29, 0.717) is 0 Å². The van der Waals surface area contributed by atoms with Crippen LogP contribution in [0.15, 0.2) is 98.1 Å². The number of benzene rings is 2. The molecule has 0 fully saturated rings. The molecule has 4 rings (SSSR count). The Bertz CT molecular complexity index is 829. The van der Waals surface area contributed by atoms with Gasteiger partial charge in [-0.2, -0.15) is 0 Å². The van der Waals surface area contributed by atoms with Crippen LogP contribution in [0, 0.1) is 0 Å². The minimum Gasteiger partial charge on any atom is -1.00 e. The maximum atomic E-state index is 3.96. The van der Waals surface area contributed by atoms with Crippen molar-refractivity contribution in [2.45, 2.75) is 0 Å². The molecule has 0 saturated heterocycles. The number of alkyl halides is 1. The second-order valence-corrected chi connectivity index (χ2v) is 5.13. The Hall–Kier alpha value is -1.68. The van der Waals surface area contributed by atoms with E-state index in [0.717, 1.165) is 5.69 Å². The molecule has 0 atom stereocenters. The van der Waals surface area contributed by atoms with Crippen molar-refractivity contribution in [3.63, 3.8) is 0 Å². The van der Waals surface area contributed by atoms with Gasteiger partial charge in [0.05, 0.1) is 13.4 Å². The van der Waals surface area contributed by atoms with E-state index in [-0.39, 0.29) is 24.0 Å². The van der Waals surface area contributed by atoms with Crippen LogP contribution in [0.25, 0.3) is 11.4 Å². The summed E-state index contributed by atoms with van der Waals surface area (Å²) in [7, 11) is 2.01. The average Bonchev–Trinajstić information content (AvgIpc) is 3.37. The van der Waals surface area contributed by atoms with Gasteiger partial charge in [0.2, 0.25) is 6.33 Å². The van der Waals surface area contributed by atoms with Crippen molar-refractivity contribution in [3.05, 3.63) is 98.1 Å². The zero-order valence-electron chi connectivity index (χ0n) is 14.8. The molecule has 0 unspecified atom stereocenters. The second kappa shape index (κ2) is 12.6. The van der Waals surface area contributed by atoms with Crippen molar-refractivity contribution in [1.29, 1.82) is 0 Å². The Kier molecular flexibility index (Phi) is 10.9. The average molecular weight is 572 g/mol. The highest BCUT2D eigenvalue weighted by atomic mass is 127. The van der Waals surface area contributed by atoms with Crippen molar-refractivity contribution >= 4 is 22.6 Å². The highest BCUT2D eigenvalue weighted by Crippen LogP contribution is 2.04. The standard InChI is InChI=1S/C10H11N2.C9H8N2.CH3I.HI/c1-11-7-8-12(9-11)10-5-3-2-4-6-10;1-2-4-9(5-3-1)11-7-6-10-8-11;1-2;/h2-9H,1H3;1-8H;1H3;1H/q+1;;;/p-1. The van der Waals surface area contributed by atoms with Crippen molar-refractivity contribution in [2.24, 2.45) is 7.05 Å². The van der Waals surface area contributed by atoms with Gasteiger partial charge in [-0.05, 0) is 29.2 Å². The minimum atomic E-state index is 0. The smallest absolute Gasteiger partial charge is 0.248 e. The van der Waals surface area contributed by atoms with Gasteiger partial charge in [-0.15, -0.1) is 0 Å². The predicted octanol–water partition coefficient (Wildman–Crippen LogP) is 1.23. The van der Waals surface area contributed by atoms with E-state index in [1.54, 1.807) is 12.5 Å². The summed E-state index contributed by atoms with van der Waals surface area (Å²) in [6, 6.07) is 20.4. The lowest BCUT2D eigenvalue weighted by Crippen LogP contribution is -3.00. The van der Waals surface area contributed by atoms with Crippen LogP contribution in [0.4, 0.5) is 0 Å². The van der Waals surface area contributed by atoms with Crippen LogP contribution in [0.1, 0.15) is 0 Å². The molecular formula is C20H22I2N4. The van der Waals surface area contributed by atoms with Crippen molar-refractivity contribution in [2.75, 3.05) is 4.93 Å². The molecule has 0 aliphatic heterocycles. The summed E-state index contributed by atoms with van der Waals surface area (Å²) < 4.78 is 6.08. The van der Waals surface area contributed by atoms with Crippen molar-refractivity contribution in [1.82, 2.24) is 14.1 Å². The van der Waals surface area contributed by atoms with Gasteiger partial charge in [0.15, 0.2) is 0 Å². The fourth-order valence-electron chi connectivity index (χ4n) is 2.22. The molecule has 4 nitrogen and oxygen atoms in total. The first kappa shape index (κ1) is 22.4. The number of halogens is 2. The zero-order chi connectivity index (χ0) is 17.9. The monoisotopic (exact) mass is 572 g/mol. The summed E-state index contributed by atoms with van der Waals surface area (Å²) in [5.74, 6) is 0. The van der Waals surface area contributed by atoms with Gasteiger partial charge in [0, 0.05) is 18.1 Å². The summed E-state index contributed by atoms with van der Waals surface area (Å²) in [5, 5.41) is 0. The largest absolute Gasteiger partial charge is 1.00 e. The molecule has 2 aromatic heterocycles. The van der Waals surface area contributed by atoms with E-state index in [9.17, 15) is 0 Å². The Balaban J connectivity index is 0.000000230. The Morgan fingerprint density at radius 2 is 1.35 bits per heavy atom. The van der Waals surface area contributed by atoms with Gasteiger partial charge in [-0.25, -0.2) is 14.1 Å². The molecular weight excluding hydrogens is 550 g/mol. The first-order chi connectivity index (χ1) is 12.3. The summed E-state index contributed by atoms with van der Waals surface area (Å²) in [6.45, 7) is 0. The molecule has 0 aliphatic rings. The van der Waals surface area contributed by atoms with Crippen LogP contribution < -0.4 is 28.5 Å². The summed E-state index contributed by atoms with van der Waals surface area (Å²) in [5.41, 5.74) is 2.34. The van der Waals surface area contributed by atoms with E-state index < -0.39 is 0 Å². The van der Waals surface area contributed by atoms with Gasteiger partial charge in [-0.1, -0.05) is 59.0 Å². The molecule has 2 heterocycles. The third-order valence-electron chi connectivity index (χ3n) is 3.38. The van der Waals surface area contributed by atoms with Gasteiger partial charge in [-0.3, -0.25) is 0 Å². The Labute approximate surface area is 185 Å². The van der Waals surface area contributed by atoms with E-state index >= 15 is 0 Å². The van der Waals surface area contributed by atoms with Gasteiger partial charge < -0.3 is 28.5 Å². The number of nitrogens with zero attached hydrogens (tertiary/aromatic N) is 4. The lowest BCUT2D eigenvalue weighted by atomic mass is 10.3. The van der Waals surface area contributed by atoms with Crippen LogP contribution in [-0.4, -0.2) is 19.0 Å². The highest BCUT2D eigenvalue weighted by Gasteiger charge is 2.00. The lowest BCUT2D eigenvalue weighted by molar-refractivity contribution is -0.670. The van der Waals surface area contributed by atoms with E-state index in [2.05, 4.69) is 44.3 Å². The van der Waals surface area contributed by atoms with Crippen LogP contribution >= 0.6 is 22.6 Å². The molecule has 0 amide bonds. The number of imidazole rings is 2. The molecule has 0 spiro atoms. The number of aryl methyl sites for hydroxylation is 1. The number of para-hydroxylation sites is 2. The van der Waals surface area contributed by atoms with Gasteiger partial charge >= 0.3 is 0 Å². The zero-order valence-corrected chi connectivity index (χ0v) is 19.1.